The van der Waals surface area contributed by atoms with E-state index in [1.165, 1.54) is 11.1 Å². The van der Waals surface area contributed by atoms with E-state index in [-0.39, 0.29) is 5.91 Å². The SMILES string of the molecule is O=C(NCc1ccc2c(c1)OCCO2)c1ccc2c(c1)CNC2. The number of amides is 1. The zero-order valence-electron chi connectivity index (χ0n) is 12.7. The number of carbonyl (C=O) groups is 1. The minimum absolute atomic E-state index is 0.0606. The molecule has 0 saturated heterocycles. The van der Waals surface area contributed by atoms with E-state index < -0.39 is 0 Å². The Balaban J connectivity index is 1.43. The summed E-state index contributed by atoms with van der Waals surface area (Å²) in [5, 5.41) is 6.24. The Bertz CT molecular complexity index is 758. The van der Waals surface area contributed by atoms with Crippen LogP contribution in [-0.2, 0) is 19.6 Å². The summed E-state index contributed by atoms with van der Waals surface area (Å²) < 4.78 is 11.1. The van der Waals surface area contributed by atoms with Crippen molar-refractivity contribution in [2.24, 2.45) is 0 Å². The first kappa shape index (κ1) is 14.1. The van der Waals surface area contributed by atoms with E-state index in [1.54, 1.807) is 0 Å². The topological polar surface area (TPSA) is 59.6 Å². The highest BCUT2D eigenvalue weighted by Gasteiger charge is 2.14. The van der Waals surface area contributed by atoms with Crippen molar-refractivity contribution in [1.82, 2.24) is 10.6 Å². The summed E-state index contributed by atoms with van der Waals surface area (Å²) in [6.07, 6.45) is 0. The van der Waals surface area contributed by atoms with Gasteiger partial charge >= 0.3 is 0 Å². The summed E-state index contributed by atoms with van der Waals surface area (Å²) in [6.45, 7) is 3.32. The van der Waals surface area contributed by atoms with Crippen molar-refractivity contribution in [2.75, 3.05) is 13.2 Å². The van der Waals surface area contributed by atoms with E-state index in [9.17, 15) is 4.79 Å². The molecular formula is C18H18N2O3. The molecule has 23 heavy (non-hydrogen) atoms. The predicted molar refractivity (Wildman–Crippen MR) is 85.6 cm³/mol. The Labute approximate surface area is 134 Å². The van der Waals surface area contributed by atoms with Crippen LogP contribution >= 0.6 is 0 Å². The van der Waals surface area contributed by atoms with E-state index >= 15 is 0 Å². The molecule has 0 bridgehead atoms. The zero-order chi connectivity index (χ0) is 15.6. The van der Waals surface area contributed by atoms with Crippen LogP contribution < -0.4 is 20.1 Å². The van der Waals surface area contributed by atoms with Crippen LogP contribution in [0.3, 0.4) is 0 Å². The molecule has 2 heterocycles. The summed E-state index contributed by atoms with van der Waals surface area (Å²) in [7, 11) is 0. The summed E-state index contributed by atoms with van der Waals surface area (Å²) in [4.78, 5) is 12.3. The van der Waals surface area contributed by atoms with Gasteiger partial charge in [-0.25, -0.2) is 0 Å². The van der Waals surface area contributed by atoms with Crippen LogP contribution in [0.4, 0.5) is 0 Å². The van der Waals surface area contributed by atoms with Gasteiger partial charge in [-0.3, -0.25) is 4.79 Å². The Morgan fingerprint density at radius 1 is 1.00 bits per heavy atom. The quantitative estimate of drug-likeness (QED) is 0.910. The minimum atomic E-state index is -0.0606. The van der Waals surface area contributed by atoms with E-state index in [1.807, 2.05) is 36.4 Å². The first-order chi connectivity index (χ1) is 11.3. The fraction of sp³-hybridized carbons (Fsp3) is 0.278. The van der Waals surface area contributed by atoms with Gasteiger partial charge in [0, 0.05) is 25.2 Å². The van der Waals surface area contributed by atoms with Crippen molar-refractivity contribution in [1.29, 1.82) is 0 Å². The molecule has 2 aliphatic heterocycles. The molecular weight excluding hydrogens is 292 g/mol. The van der Waals surface area contributed by atoms with Crippen LogP contribution in [0.5, 0.6) is 11.5 Å². The number of fused-ring (bicyclic) bond motifs is 2. The van der Waals surface area contributed by atoms with Crippen molar-refractivity contribution in [2.45, 2.75) is 19.6 Å². The largest absolute Gasteiger partial charge is 0.486 e. The molecule has 0 atom stereocenters. The van der Waals surface area contributed by atoms with Crippen LogP contribution in [0.1, 0.15) is 27.0 Å². The van der Waals surface area contributed by atoms with Gasteiger partial charge in [-0.2, -0.15) is 0 Å². The molecule has 2 aromatic rings. The lowest BCUT2D eigenvalue weighted by Crippen LogP contribution is -2.23. The molecule has 118 valence electrons. The van der Waals surface area contributed by atoms with Crippen molar-refractivity contribution in [3.8, 4) is 11.5 Å². The normalized spacial score (nSPS) is 15.1. The number of ether oxygens (including phenoxy) is 2. The van der Waals surface area contributed by atoms with Crippen molar-refractivity contribution in [3.05, 3.63) is 58.7 Å². The third-order valence-electron chi connectivity index (χ3n) is 4.16. The fourth-order valence-corrected chi connectivity index (χ4v) is 2.92. The van der Waals surface area contributed by atoms with E-state index in [2.05, 4.69) is 10.6 Å². The number of benzene rings is 2. The molecule has 2 aromatic carbocycles. The summed E-state index contributed by atoms with van der Waals surface area (Å²) in [5.41, 5.74) is 4.17. The van der Waals surface area contributed by atoms with Crippen LogP contribution in [0, 0.1) is 0 Å². The third-order valence-corrected chi connectivity index (χ3v) is 4.16. The molecule has 2 N–H and O–H groups in total. The monoisotopic (exact) mass is 310 g/mol. The molecule has 0 unspecified atom stereocenters. The van der Waals surface area contributed by atoms with Gasteiger partial charge in [0.05, 0.1) is 0 Å². The van der Waals surface area contributed by atoms with Gasteiger partial charge in [0.25, 0.3) is 5.91 Å². The Morgan fingerprint density at radius 2 is 1.83 bits per heavy atom. The molecule has 1 amide bonds. The smallest absolute Gasteiger partial charge is 0.251 e. The fourth-order valence-electron chi connectivity index (χ4n) is 2.92. The van der Waals surface area contributed by atoms with Gasteiger partial charge in [0.2, 0.25) is 0 Å². The van der Waals surface area contributed by atoms with Gasteiger partial charge in [0.15, 0.2) is 11.5 Å². The van der Waals surface area contributed by atoms with Crippen LogP contribution in [0.15, 0.2) is 36.4 Å². The lowest BCUT2D eigenvalue weighted by Gasteiger charge is -2.19. The standard InChI is InChI=1S/C18H18N2O3/c21-18(13-2-3-14-10-19-11-15(14)8-13)20-9-12-1-4-16-17(7-12)23-6-5-22-16/h1-4,7-8,19H,5-6,9-11H2,(H,20,21). The number of hydrogen-bond donors (Lipinski definition) is 2. The van der Waals surface area contributed by atoms with Gasteiger partial charge in [-0.15, -0.1) is 0 Å². The maximum Gasteiger partial charge on any atom is 0.251 e. The van der Waals surface area contributed by atoms with Gasteiger partial charge in [-0.05, 0) is 41.0 Å². The minimum Gasteiger partial charge on any atom is -0.486 e. The maximum atomic E-state index is 12.3. The second-order valence-electron chi connectivity index (χ2n) is 5.75. The molecule has 0 saturated carbocycles. The molecule has 0 aromatic heterocycles. The number of rotatable bonds is 3. The summed E-state index contributed by atoms with van der Waals surface area (Å²) in [5.74, 6) is 1.44. The molecule has 2 aliphatic rings. The van der Waals surface area contributed by atoms with Crippen LogP contribution in [0.2, 0.25) is 0 Å². The second-order valence-corrected chi connectivity index (χ2v) is 5.75. The first-order valence-electron chi connectivity index (χ1n) is 7.79. The van der Waals surface area contributed by atoms with E-state index in [0.29, 0.717) is 25.3 Å². The van der Waals surface area contributed by atoms with Crippen molar-refractivity contribution < 1.29 is 14.3 Å². The highest BCUT2D eigenvalue weighted by molar-refractivity contribution is 5.94. The van der Waals surface area contributed by atoms with Crippen LogP contribution in [-0.4, -0.2) is 19.1 Å². The highest BCUT2D eigenvalue weighted by atomic mass is 16.6. The van der Waals surface area contributed by atoms with Crippen molar-refractivity contribution >= 4 is 5.91 Å². The Kier molecular flexibility index (Phi) is 3.63. The molecule has 5 nitrogen and oxygen atoms in total. The second kappa shape index (κ2) is 5.93. The van der Waals surface area contributed by atoms with E-state index in [0.717, 1.165) is 30.2 Å². The average Bonchev–Trinajstić information content (AvgIpc) is 3.07. The highest BCUT2D eigenvalue weighted by Crippen LogP contribution is 2.30. The number of carbonyl (C=O) groups excluding carboxylic acids is 1. The Hall–Kier alpha value is -2.53. The van der Waals surface area contributed by atoms with Crippen molar-refractivity contribution in [3.63, 3.8) is 0 Å². The lowest BCUT2D eigenvalue weighted by molar-refractivity contribution is 0.0950. The molecule has 4 rings (SSSR count). The van der Waals surface area contributed by atoms with Gasteiger partial charge in [-0.1, -0.05) is 12.1 Å². The molecule has 0 spiro atoms. The average molecular weight is 310 g/mol. The van der Waals surface area contributed by atoms with Gasteiger partial charge in [0.1, 0.15) is 13.2 Å². The number of nitrogens with one attached hydrogen (secondary N) is 2. The third kappa shape index (κ3) is 2.87. The zero-order valence-corrected chi connectivity index (χ0v) is 12.7. The molecule has 5 heteroatoms. The predicted octanol–water partition coefficient (Wildman–Crippen LogP) is 1.99. The summed E-state index contributed by atoms with van der Waals surface area (Å²) in [6, 6.07) is 11.6. The first-order valence-corrected chi connectivity index (χ1v) is 7.79. The van der Waals surface area contributed by atoms with Gasteiger partial charge < -0.3 is 20.1 Å². The molecule has 0 aliphatic carbocycles. The summed E-state index contributed by atoms with van der Waals surface area (Å²) >= 11 is 0. The molecule has 0 radical (unpaired) electrons. The van der Waals surface area contributed by atoms with Crippen LogP contribution in [0.25, 0.3) is 0 Å². The molecule has 0 fully saturated rings. The maximum absolute atomic E-state index is 12.3. The lowest BCUT2D eigenvalue weighted by atomic mass is 10.1. The Morgan fingerprint density at radius 3 is 2.74 bits per heavy atom. The number of hydrogen-bond acceptors (Lipinski definition) is 4. The van der Waals surface area contributed by atoms with E-state index in [4.69, 9.17) is 9.47 Å².